The molecule has 3 nitrogen and oxygen atoms in total. The first kappa shape index (κ1) is 15.8. The summed E-state index contributed by atoms with van der Waals surface area (Å²) in [4.78, 5) is 0. The van der Waals surface area contributed by atoms with Crippen molar-refractivity contribution in [2.24, 2.45) is 11.7 Å². The SMILES string of the molecule is CCC(CN)CNc1cc(C(C)C)c(OC)cc1C. The molecule has 0 amide bonds. The lowest BCUT2D eigenvalue weighted by molar-refractivity contribution is 0.407. The molecule has 1 unspecified atom stereocenters. The third kappa shape index (κ3) is 4.13. The van der Waals surface area contributed by atoms with E-state index in [1.54, 1.807) is 7.11 Å². The zero-order chi connectivity index (χ0) is 14.4. The molecule has 0 saturated heterocycles. The molecule has 0 aliphatic heterocycles. The lowest BCUT2D eigenvalue weighted by Gasteiger charge is -2.19. The van der Waals surface area contributed by atoms with E-state index in [1.807, 2.05) is 0 Å². The Labute approximate surface area is 117 Å². The van der Waals surface area contributed by atoms with Gasteiger partial charge in [0, 0.05) is 12.2 Å². The second-order valence-corrected chi connectivity index (χ2v) is 5.45. The topological polar surface area (TPSA) is 47.3 Å². The molecule has 1 atom stereocenters. The van der Waals surface area contributed by atoms with Crippen LogP contribution in [-0.2, 0) is 0 Å². The fraction of sp³-hybridized carbons (Fsp3) is 0.625. The van der Waals surface area contributed by atoms with Gasteiger partial charge in [0.1, 0.15) is 5.75 Å². The summed E-state index contributed by atoms with van der Waals surface area (Å²) in [5, 5.41) is 3.53. The van der Waals surface area contributed by atoms with Gasteiger partial charge in [-0.25, -0.2) is 0 Å². The van der Waals surface area contributed by atoms with Crippen LogP contribution in [0, 0.1) is 12.8 Å². The third-order valence-corrected chi connectivity index (χ3v) is 3.69. The van der Waals surface area contributed by atoms with E-state index in [4.69, 9.17) is 10.5 Å². The van der Waals surface area contributed by atoms with Crippen LogP contribution in [0.2, 0.25) is 0 Å². The van der Waals surface area contributed by atoms with E-state index in [-0.39, 0.29) is 0 Å². The lowest BCUT2D eigenvalue weighted by Crippen LogP contribution is -2.22. The van der Waals surface area contributed by atoms with Crippen molar-refractivity contribution in [2.75, 3.05) is 25.5 Å². The predicted octanol–water partition coefficient (Wildman–Crippen LogP) is 3.52. The van der Waals surface area contributed by atoms with Gasteiger partial charge < -0.3 is 15.8 Å². The summed E-state index contributed by atoms with van der Waals surface area (Å²) in [6, 6.07) is 4.32. The molecular weight excluding hydrogens is 236 g/mol. The standard InChI is InChI=1S/C16H28N2O/c1-6-13(9-17)10-18-15-8-14(11(2)3)16(19-5)7-12(15)4/h7-8,11,13,18H,6,9-10,17H2,1-5H3. The summed E-state index contributed by atoms with van der Waals surface area (Å²) in [5.41, 5.74) is 9.40. The highest BCUT2D eigenvalue weighted by molar-refractivity contribution is 5.58. The molecule has 3 heteroatoms. The van der Waals surface area contributed by atoms with Crippen molar-refractivity contribution < 1.29 is 4.74 Å². The zero-order valence-electron chi connectivity index (χ0n) is 12.9. The molecule has 0 spiro atoms. The van der Waals surface area contributed by atoms with Crippen LogP contribution in [0.25, 0.3) is 0 Å². The molecule has 0 fully saturated rings. The highest BCUT2D eigenvalue weighted by Crippen LogP contribution is 2.32. The van der Waals surface area contributed by atoms with Crippen LogP contribution in [0.15, 0.2) is 12.1 Å². The minimum atomic E-state index is 0.451. The summed E-state index contributed by atoms with van der Waals surface area (Å²) >= 11 is 0. The first-order valence-electron chi connectivity index (χ1n) is 7.15. The molecule has 0 heterocycles. The Kier molecular flexibility index (Phi) is 6.16. The Balaban J connectivity index is 2.92. The quantitative estimate of drug-likeness (QED) is 0.792. The molecule has 0 aliphatic carbocycles. The Morgan fingerprint density at radius 1 is 1.32 bits per heavy atom. The minimum absolute atomic E-state index is 0.451. The van der Waals surface area contributed by atoms with E-state index in [2.05, 4.69) is 45.1 Å². The number of nitrogens with two attached hydrogens (primary N) is 1. The molecule has 0 radical (unpaired) electrons. The van der Waals surface area contributed by atoms with E-state index >= 15 is 0 Å². The Bertz CT molecular complexity index is 398. The number of nitrogens with one attached hydrogen (secondary N) is 1. The highest BCUT2D eigenvalue weighted by Gasteiger charge is 2.12. The van der Waals surface area contributed by atoms with Gasteiger partial charge in [0.15, 0.2) is 0 Å². The van der Waals surface area contributed by atoms with Crippen LogP contribution in [0.4, 0.5) is 5.69 Å². The molecular formula is C16H28N2O. The Hall–Kier alpha value is -1.22. The van der Waals surface area contributed by atoms with E-state index in [0.29, 0.717) is 11.8 Å². The Morgan fingerprint density at radius 3 is 2.47 bits per heavy atom. The van der Waals surface area contributed by atoms with Crippen LogP contribution >= 0.6 is 0 Å². The highest BCUT2D eigenvalue weighted by atomic mass is 16.5. The van der Waals surface area contributed by atoms with Crippen LogP contribution in [0.3, 0.4) is 0 Å². The number of aryl methyl sites for hydroxylation is 1. The zero-order valence-corrected chi connectivity index (χ0v) is 12.9. The number of methoxy groups -OCH3 is 1. The normalized spacial score (nSPS) is 12.6. The summed E-state index contributed by atoms with van der Waals surface area (Å²) in [5.74, 6) is 1.96. The van der Waals surface area contributed by atoms with Crippen LogP contribution < -0.4 is 15.8 Å². The maximum atomic E-state index is 5.75. The van der Waals surface area contributed by atoms with Gasteiger partial charge in [-0.15, -0.1) is 0 Å². The van der Waals surface area contributed by atoms with Gasteiger partial charge >= 0.3 is 0 Å². The third-order valence-electron chi connectivity index (χ3n) is 3.69. The second-order valence-electron chi connectivity index (χ2n) is 5.45. The average Bonchev–Trinajstić information content (AvgIpc) is 2.40. The molecule has 0 bridgehead atoms. The van der Waals surface area contributed by atoms with Crippen LogP contribution in [-0.4, -0.2) is 20.2 Å². The average molecular weight is 264 g/mol. The van der Waals surface area contributed by atoms with Crippen molar-refractivity contribution in [1.82, 2.24) is 0 Å². The first-order chi connectivity index (χ1) is 9.03. The van der Waals surface area contributed by atoms with Gasteiger partial charge in [-0.2, -0.15) is 0 Å². The van der Waals surface area contributed by atoms with Crippen molar-refractivity contribution in [3.05, 3.63) is 23.3 Å². The molecule has 1 aromatic rings. The van der Waals surface area contributed by atoms with E-state index < -0.39 is 0 Å². The van der Waals surface area contributed by atoms with E-state index in [9.17, 15) is 0 Å². The minimum Gasteiger partial charge on any atom is -0.496 e. The van der Waals surface area contributed by atoms with Gasteiger partial charge in [0.2, 0.25) is 0 Å². The second kappa shape index (κ2) is 7.39. The van der Waals surface area contributed by atoms with Gasteiger partial charge in [-0.1, -0.05) is 27.2 Å². The summed E-state index contributed by atoms with van der Waals surface area (Å²) in [6.07, 6.45) is 1.11. The molecule has 3 N–H and O–H groups in total. The van der Waals surface area contributed by atoms with Crippen LogP contribution in [0.1, 0.15) is 44.2 Å². The summed E-state index contributed by atoms with van der Waals surface area (Å²) < 4.78 is 5.46. The summed E-state index contributed by atoms with van der Waals surface area (Å²) in [6.45, 7) is 10.3. The van der Waals surface area contributed by atoms with Gasteiger partial charge in [-0.3, -0.25) is 0 Å². The molecule has 108 valence electrons. The molecule has 0 aromatic heterocycles. The molecule has 1 aromatic carbocycles. The van der Waals surface area contributed by atoms with Crippen molar-refractivity contribution in [2.45, 2.75) is 40.0 Å². The van der Waals surface area contributed by atoms with Gasteiger partial charge in [0.05, 0.1) is 7.11 Å². The fourth-order valence-electron chi connectivity index (χ4n) is 2.17. The van der Waals surface area contributed by atoms with E-state index in [0.717, 1.165) is 25.3 Å². The molecule has 1 rings (SSSR count). The number of rotatable bonds is 7. The molecule has 0 aliphatic rings. The lowest BCUT2D eigenvalue weighted by atomic mass is 9.98. The predicted molar refractivity (Wildman–Crippen MR) is 83.1 cm³/mol. The Morgan fingerprint density at radius 2 is 2.00 bits per heavy atom. The van der Waals surface area contributed by atoms with Crippen molar-refractivity contribution in [3.8, 4) is 5.75 Å². The largest absolute Gasteiger partial charge is 0.496 e. The van der Waals surface area contributed by atoms with Crippen LogP contribution in [0.5, 0.6) is 5.75 Å². The smallest absolute Gasteiger partial charge is 0.122 e. The van der Waals surface area contributed by atoms with E-state index in [1.165, 1.54) is 16.8 Å². The van der Waals surface area contributed by atoms with Crippen molar-refractivity contribution in [1.29, 1.82) is 0 Å². The number of ether oxygens (including phenoxy) is 1. The maximum Gasteiger partial charge on any atom is 0.122 e. The number of anilines is 1. The number of benzene rings is 1. The van der Waals surface area contributed by atoms with Crippen molar-refractivity contribution in [3.63, 3.8) is 0 Å². The molecule has 0 saturated carbocycles. The van der Waals surface area contributed by atoms with Crippen molar-refractivity contribution >= 4 is 5.69 Å². The number of hydrogen-bond acceptors (Lipinski definition) is 3. The van der Waals surface area contributed by atoms with Gasteiger partial charge in [0.25, 0.3) is 0 Å². The fourth-order valence-corrected chi connectivity index (χ4v) is 2.17. The number of hydrogen-bond donors (Lipinski definition) is 2. The monoisotopic (exact) mass is 264 g/mol. The maximum absolute atomic E-state index is 5.75. The van der Waals surface area contributed by atoms with Gasteiger partial charge in [-0.05, 0) is 48.6 Å². The summed E-state index contributed by atoms with van der Waals surface area (Å²) in [7, 11) is 1.73. The first-order valence-corrected chi connectivity index (χ1v) is 7.15. The molecule has 19 heavy (non-hydrogen) atoms.